The van der Waals surface area contributed by atoms with Crippen LogP contribution in [-0.4, -0.2) is 36.6 Å². The second-order valence-electron chi connectivity index (χ2n) is 10.4. The zero-order chi connectivity index (χ0) is 29.9. The highest BCUT2D eigenvalue weighted by Crippen LogP contribution is 2.12. The summed E-state index contributed by atoms with van der Waals surface area (Å²) in [5.74, 6) is -0.927. The number of ether oxygens (including phenoxy) is 2. The van der Waals surface area contributed by atoms with Gasteiger partial charge in [-0.05, 0) is 78.6 Å². The normalized spacial score (nSPS) is 13.4. The molecule has 0 spiro atoms. The molecule has 0 rings (SSSR count). The molecule has 0 aromatic heterocycles. The quantitative estimate of drug-likeness (QED) is 0.0881. The molecular formula is C34H53NO5. The van der Waals surface area contributed by atoms with E-state index < -0.39 is 17.6 Å². The summed E-state index contributed by atoms with van der Waals surface area (Å²) in [6, 6.07) is -0.707. The van der Waals surface area contributed by atoms with Gasteiger partial charge in [-0.2, -0.15) is 0 Å². The van der Waals surface area contributed by atoms with Crippen LogP contribution >= 0.6 is 0 Å². The fourth-order valence-electron chi connectivity index (χ4n) is 3.52. The van der Waals surface area contributed by atoms with Crippen molar-refractivity contribution in [2.45, 2.75) is 116 Å². The van der Waals surface area contributed by atoms with Gasteiger partial charge in [-0.25, -0.2) is 4.79 Å². The van der Waals surface area contributed by atoms with Gasteiger partial charge >= 0.3 is 11.9 Å². The van der Waals surface area contributed by atoms with E-state index in [1.807, 2.05) is 32.9 Å². The maximum atomic E-state index is 12.3. The Labute approximate surface area is 243 Å². The highest BCUT2D eigenvalue weighted by molar-refractivity contribution is 5.84. The Kier molecular flexibility index (Phi) is 22.9. The van der Waals surface area contributed by atoms with Gasteiger partial charge in [0.05, 0.1) is 7.11 Å². The Morgan fingerprint density at radius 1 is 0.700 bits per heavy atom. The molecule has 0 heterocycles. The Bertz CT molecular complexity index is 871. The van der Waals surface area contributed by atoms with Crippen LogP contribution in [0, 0.1) is 0 Å². The van der Waals surface area contributed by atoms with Crippen LogP contribution in [0.25, 0.3) is 0 Å². The second-order valence-corrected chi connectivity index (χ2v) is 10.4. The van der Waals surface area contributed by atoms with E-state index >= 15 is 0 Å². The molecule has 6 heteroatoms. The summed E-state index contributed by atoms with van der Waals surface area (Å²) in [7, 11) is 1.31. The Balaban J connectivity index is 4.05. The van der Waals surface area contributed by atoms with Crippen molar-refractivity contribution in [2.75, 3.05) is 7.11 Å². The minimum absolute atomic E-state index is 0.193. The summed E-state index contributed by atoms with van der Waals surface area (Å²) in [5.41, 5.74) is -0.511. The highest BCUT2D eigenvalue weighted by Gasteiger charge is 2.21. The molecule has 40 heavy (non-hydrogen) atoms. The lowest BCUT2D eigenvalue weighted by molar-refractivity contribution is -0.155. The molecule has 224 valence electrons. The van der Waals surface area contributed by atoms with Gasteiger partial charge in [-0.3, -0.25) is 9.59 Å². The van der Waals surface area contributed by atoms with Crippen LogP contribution in [0.2, 0.25) is 0 Å². The van der Waals surface area contributed by atoms with Gasteiger partial charge < -0.3 is 14.8 Å². The smallest absolute Gasteiger partial charge is 0.328 e. The Morgan fingerprint density at radius 2 is 1.18 bits per heavy atom. The second kappa shape index (κ2) is 24.9. The lowest BCUT2D eigenvalue weighted by Crippen LogP contribution is -2.41. The van der Waals surface area contributed by atoms with Gasteiger partial charge in [0.2, 0.25) is 5.91 Å². The number of amides is 1. The molecule has 6 nitrogen and oxygen atoms in total. The molecule has 0 aliphatic carbocycles. The molecule has 0 aliphatic rings. The lowest BCUT2D eigenvalue weighted by Gasteiger charge is -2.19. The zero-order valence-corrected chi connectivity index (χ0v) is 25.5. The molecule has 0 aromatic carbocycles. The van der Waals surface area contributed by atoms with Crippen LogP contribution < -0.4 is 5.32 Å². The SMILES string of the molecule is CCC=CCC=CCC=CCC=CCC=CCC=CCCC(=O)NC(CCCCC(=O)OC(C)(C)C)C(=O)OC. The predicted molar refractivity (Wildman–Crippen MR) is 166 cm³/mol. The largest absolute Gasteiger partial charge is 0.467 e. The molecule has 1 unspecified atom stereocenters. The molecule has 0 radical (unpaired) electrons. The van der Waals surface area contributed by atoms with E-state index in [-0.39, 0.29) is 18.3 Å². The van der Waals surface area contributed by atoms with Crippen molar-refractivity contribution in [3.05, 3.63) is 72.9 Å². The van der Waals surface area contributed by atoms with E-state index in [0.29, 0.717) is 32.1 Å². The molecule has 1 amide bonds. The van der Waals surface area contributed by atoms with Crippen molar-refractivity contribution >= 4 is 17.8 Å². The van der Waals surface area contributed by atoms with Gasteiger partial charge in [0.1, 0.15) is 11.6 Å². The van der Waals surface area contributed by atoms with Gasteiger partial charge in [0.25, 0.3) is 0 Å². The van der Waals surface area contributed by atoms with Crippen molar-refractivity contribution in [1.29, 1.82) is 0 Å². The van der Waals surface area contributed by atoms with Gasteiger partial charge in [-0.1, -0.05) is 86.3 Å². The monoisotopic (exact) mass is 555 g/mol. The van der Waals surface area contributed by atoms with Gasteiger partial charge in [0.15, 0.2) is 0 Å². The summed E-state index contributed by atoms with van der Waals surface area (Å²) in [6.45, 7) is 7.62. The first-order valence-electron chi connectivity index (χ1n) is 14.7. The first kappa shape index (κ1) is 36.8. The van der Waals surface area contributed by atoms with E-state index in [1.165, 1.54) is 7.11 Å². The van der Waals surface area contributed by atoms with Crippen LogP contribution in [-0.2, 0) is 23.9 Å². The summed E-state index contributed by atoms with van der Waals surface area (Å²) in [4.78, 5) is 36.2. The fraction of sp³-hybridized carbons (Fsp3) is 0.559. The zero-order valence-electron chi connectivity index (χ0n) is 25.5. The fourth-order valence-corrected chi connectivity index (χ4v) is 3.52. The molecule has 0 saturated carbocycles. The third-order valence-electron chi connectivity index (χ3n) is 5.50. The summed E-state index contributed by atoms with van der Waals surface area (Å²) in [6.07, 6.45) is 34.3. The number of esters is 2. The van der Waals surface area contributed by atoms with Crippen molar-refractivity contribution in [1.82, 2.24) is 5.32 Å². The van der Waals surface area contributed by atoms with E-state index in [9.17, 15) is 14.4 Å². The minimum atomic E-state index is -0.707. The number of unbranched alkanes of at least 4 members (excludes halogenated alkanes) is 1. The number of nitrogens with one attached hydrogen (secondary N) is 1. The van der Waals surface area contributed by atoms with E-state index in [4.69, 9.17) is 9.47 Å². The predicted octanol–water partition coefficient (Wildman–Crippen LogP) is 8.02. The number of hydrogen-bond donors (Lipinski definition) is 1. The number of carbonyl (C=O) groups excluding carboxylic acids is 3. The maximum absolute atomic E-state index is 12.3. The van der Waals surface area contributed by atoms with Crippen molar-refractivity contribution < 1.29 is 23.9 Å². The third kappa shape index (κ3) is 25.1. The molecule has 1 atom stereocenters. The van der Waals surface area contributed by atoms with E-state index in [2.05, 4.69) is 73.0 Å². The summed E-state index contributed by atoms with van der Waals surface area (Å²) >= 11 is 0. The summed E-state index contributed by atoms with van der Waals surface area (Å²) in [5, 5.41) is 2.76. The summed E-state index contributed by atoms with van der Waals surface area (Å²) < 4.78 is 10.1. The van der Waals surface area contributed by atoms with E-state index in [0.717, 1.165) is 38.5 Å². The van der Waals surface area contributed by atoms with Crippen LogP contribution in [0.15, 0.2) is 72.9 Å². The first-order valence-corrected chi connectivity index (χ1v) is 14.7. The topological polar surface area (TPSA) is 81.7 Å². The minimum Gasteiger partial charge on any atom is -0.467 e. The van der Waals surface area contributed by atoms with Crippen LogP contribution in [0.4, 0.5) is 0 Å². The van der Waals surface area contributed by atoms with Gasteiger partial charge in [-0.15, -0.1) is 0 Å². The molecule has 0 aromatic rings. The number of methoxy groups -OCH3 is 1. The Hall–Kier alpha value is -3.15. The molecule has 0 fully saturated rings. The average molecular weight is 556 g/mol. The number of allylic oxidation sites excluding steroid dienone is 12. The van der Waals surface area contributed by atoms with Gasteiger partial charge in [0, 0.05) is 12.8 Å². The third-order valence-corrected chi connectivity index (χ3v) is 5.50. The molecule has 0 bridgehead atoms. The van der Waals surface area contributed by atoms with Crippen molar-refractivity contribution in [2.24, 2.45) is 0 Å². The average Bonchev–Trinajstić information content (AvgIpc) is 2.90. The first-order chi connectivity index (χ1) is 19.2. The lowest BCUT2D eigenvalue weighted by atomic mass is 10.1. The molecule has 1 N–H and O–H groups in total. The van der Waals surface area contributed by atoms with Crippen LogP contribution in [0.1, 0.15) is 105 Å². The number of hydrogen-bond acceptors (Lipinski definition) is 5. The standard InChI is InChI=1S/C34H53NO5/c1-6-7-8-9-10-11-12-13-14-15-16-17-18-19-20-21-22-23-24-28-31(36)35-30(33(38)39-5)27-25-26-29-32(37)40-34(2,3)4/h7-8,10-11,13-14,16-17,19-20,22-23,30H,6,9,12,15,18,21,24-29H2,1-5H3,(H,35,36). The van der Waals surface area contributed by atoms with Crippen LogP contribution in [0.3, 0.4) is 0 Å². The van der Waals surface area contributed by atoms with Crippen molar-refractivity contribution in [3.8, 4) is 0 Å². The molecular weight excluding hydrogens is 502 g/mol. The molecule has 0 aliphatic heterocycles. The van der Waals surface area contributed by atoms with Crippen molar-refractivity contribution in [3.63, 3.8) is 0 Å². The highest BCUT2D eigenvalue weighted by atomic mass is 16.6. The maximum Gasteiger partial charge on any atom is 0.328 e. The number of rotatable bonds is 21. The van der Waals surface area contributed by atoms with Crippen LogP contribution in [0.5, 0.6) is 0 Å². The van der Waals surface area contributed by atoms with E-state index in [1.54, 1.807) is 0 Å². The molecule has 0 saturated heterocycles. The number of carbonyl (C=O) groups is 3. The Morgan fingerprint density at radius 3 is 1.62 bits per heavy atom.